The molecule has 4 nitrogen and oxygen atoms in total. The Balaban J connectivity index is 2.58. The van der Waals surface area contributed by atoms with Crippen LogP contribution in [0.5, 0.6) is 5.75 Å². The van der Waals surface area contributed by atoms with Gasteiger partial charge in [-0.1, -0.05) is 0 Å². The van der Waals surface area contributed by atoms with E-state index in [-0.39, 0.29) is 17.7 Å². The van der Waals surface area contributed by atoms with Gasteiger partial charge in [0.2, 0.25) is 0 Å². The van der Waals surface area contributed by atoms with E-state index < -0.39 is 0 Å². The average molecular weight is 250 g/mol. The molecule has 0 saturated heterocycles. The Morgan fingerprint density at radius 3 is 2.17 bits per heavy atom. The lowest BCUT2D eigenvalue weighted by Crippen LogP contribution is -2.34. The van der Waals surface area contributed by atoms with Crippen LogP contribution in [0.1, 0.15) is 34.6 Å². The predicted octanol–water partition coefficient (Wildman–Crippen LogP) is 3.39. The molecule has 0 atom stereocenters. The summed E-state index contributed by atoms with van der Waals surface area (Å²) in [6.45, 7) is 9.82. The molecule has 1 rings (SSSR count). The van der Waals surface area contributed by atoms with Crippen LogP contribution >= 0.6 is 0 Å². The predicted molar refractivity (Wildman–Crippen MR) is 74.1 cm³/mol. The lowest BCUT2D eigenvalue weighted by molar-refractivity contribution is 0.131. The zero-order valence-electron chi connectivity index (χ0n) is 11.7. The van der Waals surface area contributed by atoms with Gasteiger partial charge in [-0.25, -0.2) is 4.79 Å². The maximum absolute atomic E-state index is 11.5. The van der Waals surface area contributed by atoms with Crippen molar-refractivity contribution in [2.75, 3.05) is 5.32 Å². The van der Waals surface area contributed by atoms with E-state index in [1.807, 2.05) is 58.9 Å². The summed E-state index contributed by atoms with van der Waals surface area (Å²) in [6, 6.07) is 7.25. The van der Waals surface area contributed by atoms with Crippen LogP contribution in [-0.4, -0.2) is 17.7 Å². The van der Waals surface area contributed by atoms with Crippen molar-refractivity contribution < 1.29 is 9.53 Å². The van der Waals surface area contributed by atoms with Gasteiger partial charge in [-0.15, -0.1) is 0 Å². The number of hydrogen-bond acceptors (Lipinski definition) is 2. The van der Waals surface area contributed by atoms with E-state index in [0.29, 0.717) is 0 Å². The summed E-state index contributed by atoms with van der Waals surface area (Å²) in [5.41, 5.74) is 0.527. The highest BCUT2D eigenvalue weighted by Crippen LogP contribution is 2.20. The number of anilines is 1. The molecule has 0 aliphatic rings. The van der Waals surface area contributed by atoms with Gasteiger partial charge in [0, 0.05) is 11.7 Å². The molecule has 1 aromatic carbocycles. The zero-order valence-corrected chi connectivity index (χ0v) is 11.7. The van der Waals surface area contributed by atoms with Crippen LogP contribution in [0, 0.1) is 0 Å². The Labute approximate surface area is 109 Å². The number of benzene rings is 1. The standard InChI is InChI=1S/C14H22N2O2/c1-10(2)15-13(17)16-11-6-8-12(9-7-11)18-14(3,4)5/h6-10H,1-5H3,(H2,15,16,17). The largest absolute Gasteiger partial charge is 0.488 e. The van der Waals surface area contributed by atoms with Crippen molar-refractivity contribution in [1.29, 1.82) is 0 Å². The lowest BCUT2D eigenvalue weighted by atomic mass is 10.2. The normalized spacial score (nSPS) is 11.2. The minimum Gasteiger partial charge on any atom is -0.488 e. The third-order valence-corrected chi connectivity index (χ3v) is 1.96. The Bertz CT molecular complexity index is 391. The van der Waals surface area contributed by atoms with Gasteiger partial charge in [0.25, 0.3) is 0 Å². The highest BCUT2D eigenvalue weighted by atomic mass is 16.5. The second-order valence-corrected chi connectivity index (χ2v) is 5.49. The van der Waals surface area contributed by atoms with Gasteiger partial charge in [0.15, 0.2) is 0 Å². The molecule has 0 unspecified atom stereocenters. The number of urea groups is 1. The van der Waals surface area contributed by atoms with Crippen LogP contribution in [0.25, 0.3) is 0 Å². The van der Waals surface area contributed by atoms with Crippen LogP contribution in [0.4, 0.5) is 10.5 Å². The topological polar surface area (TPSA) is 50.4 Å². The van der Waals surface area contributed by atoms with Gasteiger partial charge >= 0.3 is 6.03 Å². The van der Waals surface area contributed by atoms with Crippen molar-refractivity contribution in [3.63, 3.8) is 0 Å². The molecule has 18 heavy (non-hydrogen) atoms. The van der Waals surface area contributed by atoms with Crippen molar-refractivity contribution >= 4 is 11.7 Å². The van der Waals surface area contributed by atoms with Gasteiger partial charge in [-0.3, -0.25) is 0 Å². The number of ether oxygens (including phenoxy) is 1. The van der Waals surface area contributed by atoms with E-state index in [4.69, 9.17) is 4.74 Å². The van der Waals surface area contributed by atoms with E-state index in [1.165, 1.54) is 0 Å². The van der Waals surface area contributed by atoms with E-state index in [2.05, 4.69) is 10.6 Å². The monoisotopic (exact) mass is 250 g/mol. The SMILES string of the molecule is CC(C)NC(=O)Nc1ccc(OC(C)(C)C)cc1. The maximum atomic E-state index is 11.5. The van der Waals surface area contributed by atoms with E-state index >= 15 is 0 Å². The number of carbonyl (C=O) groups excluding carboxylic acids is 1. The van der Waals surface area contributed by atoms with Gasteiger partial charge in [0.1, 0.15) is 11.4 Å². The molecule has 0 bridgehead atoms. The van der Waals surface area contributed by atoms with Crippen LogP contribution < -0.4 is 15.4 Å². The molecule has 0 fully saturated rings. The Morgan fingerprint density at radius 2 is 1.72 bits per heavy atom. The summed E-state index contributed by atoms with van der Waals surface area (Å²) in [4.78, 5) is 11.5. The second-order valence-electron chi connectivity index (χ2n) is 5.49. The summed E-state index contributed by atoms with van der Waals surface area (Å²) < 4.78 is 5.70. The molecule has 4 heteroatoms. The van der Waals surface area contributed by atoms with Gasteiger partial charge in [-0.2, -0.15) is 0 Å². The highest BCUT2D eigenvalue weighted by Gasteiger charge is 2.11. The van der Waals surface area contributed by atoms with E-state index in [9.17, 15) is 4.79 Å². The molecule has 0 spiro atoms. The number of nitrogens with one attached hydrogen (secondary N) is 2. The first-order valence-electron chi connectivity index (χ1n) is 6.13. The van der Waals surface area contributed by atoms with Gasteiger partial charge in [0.05, 0.1) is 0 Å². The summed E-state index contributed by atoms with van der Waals surface area (Å²) >= 11 is 0. The Kier molecular flexibility index (Phi) is 4.59. The minimum atomic E-state index is -0.218. The molecule has 100 valence electrons. The fourth-order valence-electron chi connectivity index (χ4n) is 1.39. The second kappa shape index (κ2) is 5.76. The molecule has 0 radical (unpaired) electrons. The van der Waals surface area contributed by atoms with Gasteiger partial charge < -0.3 is 15.4 Å². The van der Waals surface area contributed by atoms with E-state index in [0.717, 1.165) is 11.4 Å². The molecular formula is C14H22N2O2. The van der Waals surface area contributed by atoms with Crippen molar-refractivity contribution in [2.24, 2.45) is 0 Å². The fourth-order valence-corrected chi connectivity index (χ4v) is 1.39. The fraction of sp³-hybridized carbons (Fsp3) is 0.500. The molecule has 0 aliphatic heterocycles. The number of hydrogen-bond donors (Lipinski definition) is 2. The molecule has 0 aromatic heterocycles. The number of rotatable bonds is 3. The molecule has 0 aliphatic carbocycles. The maximum Gasteiger partial charge on any atom is 0.319 e. The molecule has 2 amide bonds. The van der Waals surface area contributed by atoms with Crippen molar-refractivity contribution in [2.45, 2.75) is 46.3 Å². The summed E-state index contributed by atoms with van der Waals surface area (Å²) in [7, 11) is 0. The molecule has 0 heterocycles. The van der Waals surface area contributed by atoms with Crippen LogP contribution in [-0.2, 0) is 0 Å². The third-order valence-electron chi connectivity index (χ3n) is 1.96. The third kappa shape index (κ3) is 5.57. The Hall–Kier alpha value is -1.71. The quantitative estimate of drug-likeness (QED) is 0.864. The average Bonchev–Trinajstić information content (AvgIpc) is 2.17. The van der Waals surface area contributed by atoms with E-state index in [1.54, 1.807) is 0 Å². The van der Waals surface area contributed by atoms with Crippen molar-refractivity contribution in [3.05, 3.63) is 24.3 Å². The number of carbonyl (C=O) groups is 1. The minimum absolute atomic E-state index is 0.119. The molecular weight excluding hydrogens is 228 g/mol. The zero-order chi connectivity index (χ0) is 13.8. The summed E-state index contributed by atoms with van der Waals surface area (Å²) in [5, 5.41) is 5.52. The Morgan fingerprint density at radius 1 is 1.17 bits per heavy atom. The van der Waals surface area contributed by atoms with Crippen molar-refractivity contribution in [1.82, 2.24) is 5.32 Å². The van der Waals surface area contributed by atoms with Crippen LogP contribution in [0.2, 0.25) is 0 Å². The first kappa shape index (κ1) is 14.4. The van der Waals surface area contributed by atoms with Crippen LogP contribution in [0.15, 0.2) is 24.3 Å². The highest BCUT2D eigenvalue weighted by molar-refractivity contribution is 5.89. The molecule has 2 N–H and O–H groups in total. The summed E-state index contributed by atoms with van der Waals surface area (Å²) in [5.74, 6) is 0.789. The van der Waals surface area contributed by atoms with Crippen LogP contribution in [0.3, 0.4) is 0 Å². The number of amides is 2. The first-order valence-corrected chi connectivity index (χ1v) is 6.13. The van der Waals surface area contributed by atoms with Crippen molar-refractivity contribution in [3.8, 4) is 5.75 Å². The summed E-state index contributed by atoms with van der Waals surface area (Å²) in [6.07, 6.45) is 0. The first-order chi connectivity index (χ1) is 8.26. The molecule has 0 saturated carbocycles. The smallest absolute Gasteiger partial charge is 0.319 e. The van der Waals surface area contributed by atoms with Gasteiger partial charge in [-0.05, 0) is 58.9 Å². The lowest BCUT2D eigenvalue weighted by Gasteiger charge is -2.21. The molecule has 1 aromatic rings.